The number of nitrogen functional groups attached to an aromatic ring is 1. The molecule has 0 bridgehead atoms. The molecule has 0 unspecified atom stereocenters. The van der Waals surface area contributed by atoms with Crippen LogP contribution in [0.15, 0.2) is 18.2 Å². The van der Waals surface area contributed by atoms with E-state index in [-0.39, 0.29) is 0 Å². The second kappa shape index (κ2) is 7.87. The number of ether oxygens (including phenoxy) is 2. The highest BCUT2D eigenvalue weighted by Crippen LogP contribution is 2.22. The zero-order valence-corrected chi connectivity index (χ0v) is 11.6. The number of benzene rings is 1. The van der Waals surface area contributed by atoms with Crippen LogP contribution in [0.1, 0.15) is 23.7 Å². The molecule has 0 saturated heterocycles. The predicted molar refractivity (Wildman–Crippen MR) is 75.3 cm³/mol. The summed E-state index contributed by atoms with van der Waals surface area (Å²) in [7, 11) is 1.34. The first-order valence-corrected chi connectivity index (χ1v) is 7.03. The van der Waals surface area contributed by atoms with Crippen molar-refractivity contribution in [1.29, 1.82) is 0 Å². The van der Waals surface area contributed by atoms with Crippen LogP contribution in [0.5, 0.6) is 5.75 Å². The highest BCUT2D eigenvalue weighted by molar-refractivity contribution is 7.99. The van der Waals surface area contributed by atoms with Gasteiger partial charge in [0.15, 0.2) is 0 Å². The summed E-state index contributed by atoms with van der Waals surface area (Å²) in [5.41, 5.74) is 6.54. The van der Waals surface area contributed by atoms with Gasteiger partial charge >= 0.3 is 5.97 Å². The average molecular weight is 269 g/mol. The number of carbonyl (C=O) groups excluding carboxylic acids is 1. The molecule has 4 nitrogen and oxygen atoms in total. The van der Waals surface area contributed by atoms with Gasteiger partial charge in [0.2, 0.25) is 0 Å². The molecule has 0 aliphatic rings. The lowest BCUT2D eigenvalue weighted by Gasteiger charge is -2.10. The van der Waals surface area contributed by atoms with Crippen molar-refractivity contribution in [2.75, 3.05) is 31.0 Å². The summed E-state index contributed by atoms with van der Waals surface area (Å²) in [5.74, 6) is 2.26. The molecule has 0 aromatic heterocycles. The molecule has 1 aromatic rings. The third-order valence-electron chi connectivity index (χ3n) is 2.30. The molecule has 0 saturated carbocycles. The molecule has 5 heteroatoms. The molecule has 0 fully saturated rings. The van der Waals surface area contributed by atoms with Crippen molar-refractivity contribution in [3.63, 3.8) is 0 Å². The second-order valence-electron chi connectivity index (χ2n) is 3.65. The first kappa shape index (κ1) is 14.7. The van der Waals surface area contributed by atoms with Gasteiger partial charge in [0.25, 0.3) is 0 Å². The van der Waals surface area contributed by atoms with Gasteiger partial charge in [0.05, 0.1) is 13.7 Å². The Morgan fingerprint density at radius 2 is 2.22 bits per heavy atom. The largest absolute Gasteiger partial charge is 0.493 e. The highest BCUT2D eigenvalue weighted by Gasteiger charge is 2.13. The molecule has 1 rings (SSSR count). The summed E-state index contributed by atoms with van der Waals surface area (Å²) in [6.07, 6.45) is 0.948. The number of rotatable bonds is 7. The summed E-state index contributed by atoms with van der Waals surface area (Å²) in [4.78, 5) is 11.6. The van der Waals surface area contributed by atoms with Crippen LogP contribution in [-0.2, 0) is 4.74 Å². The molecule has 1 aromatic carbocycles. The van der Waals surface area contributed by atoms with Gasteiger partial charge < -0.3 is 15.2 Å². The number of methoxy groups -OCH3 is 1. The standard InChI is InChI=1S/C13H19NO3S/c1-3-18-8-4-7-17-12-6-5-10(14)9-11(12)13(15)16-2/h5-6,9H,3-4,7-8,14H2,1-2H3. The normalized spacial score (nSPS) is 10.1. The fourth-order valence-electron chi connectivity index (χ4n) is 1.43. The Labute approximate surface area is 112 Å². The lowest BCUT2D eigenvalue weighted by atomic mass is 10.2. The van der Waals surface area contributed by atoms with Crippen molar-refractivity contribution in [2.45, 2.75) is 13.3 Å². The van der Waals surface area contributed by atoms with E-state index in [4.69, 9.17) is 15.2 Å². The minimum atomic E-state index is -0.430. The molecule has 0 spiro atoms. The molecule has 100 valence electrons. The molecule has 0 amide bonds. The van der Waals surface area contributed by atoms with Gasteiger partial charge in [-0.25, -0.2) is 4.79 Å². The number of esters is 1. The van der Waals surface area contributed by atoms with E-state index in [9.17, 15) is 4.79 Å². The van der Waals surface area contributed by atoms with Crippen molar-refractivity contribution in [1.82, 2.24) is 0 Å². The summed E-state index contributed by atoms with van der Waals surface area (Å²) < 4.78 is 10.3. The fourth-order valence-corrected chi connectivity index (χ4v) is 2.04. The van der Waals surface area contributed by atoms with Crippen molar-refractivity contribution >= 4 is 23.4 Å². The number of anilines is 1. The quantitative estimate of drug-likeness (QED) is 0.468. The Kier molecular flexibility index (Phi) is 6.43. The minimum Gasteiger partial charge on any atom is -0.493 e. The average Bonchev–Trinajstić information content (AvgIpc) is 2.39. The maximum absolute atomic E-state index is 11.6. The third kappa shape index (κ3) is 4.49. The van der Waals surface area contributed by atoms with Crippen molar-refractivity contribution < 1.29 is 14.3 Å². The Balaban J connectivity index is 2.61. The van der Waals surface area contributed by atoms with Crippen LogP contribution in [-0.4, -0.2) is 31.2 Å². The van der Waals surface area contributed by atoms with Gasteiger partial charge in [-0.2, -0.15) is 11.8 Å². The topological polar surface area (TPSA) is 61.5 Å². The number of hydrogen-bond acceptors (Lipinski definition) is 5. The fraction of sp³-hybridized carbons (Fsp3) is 0.462. The van der Waals surface area contributed by atoms with E-state index in [1.165, 1.54) is 7.11 Å². The Hall–Kier alpha value is -1.36. The van der Waals surface area contributed by atoms with Gasteiger partial charge in [-0.3, -0.25) is 0 Å². The lowest BCUT2D eigenvalue weighted by molar-refractivity contribution is 0.0596. The zero-order valence-electron chi connectivity index (χ0n) is 10.8. The number of thioether (sulfide) groups is 1. The van der Waals surface area contributed by atoms with Gasteiger partial charge in [0, 0.05) is 5.69 Å². The monoisotopic (exact) mass is 269 g/mol. The van der Waals surface area contributed by atoms with Crippen LogP contribution in [0, 0.1) is 0 Å². The van der Waals surface area contributed by atoms with E-state index in [2.05, 4.69) is 6.92 Å². The molecule has 0 radical (unpaired) electrons. The molecular formula is C13H19NO3S. The van der Waals surface area contributed by atoms with E-state index in [1.54, 1.807) is 18.2 Å². The van der Waals surface area contributed by atoms with E-state index in [1.807, 2.05) is 11.8 Å². The maximum atomic E-state index is 11.6. The van der Waals surface area contributed by atoms with Crippen molar-refractivity contribution in [3.8, 4) is 5.75 Å². The molecular weight excluding hydrogens is 250 g/mol. The number of nitrogens with two attached hydrogens (primary N) is 1. The van der Waals surface area contributed by atoms with E-state index in [0.717, 1.165) is 17.9 Å². The predicted octanol–water partition coefficient (Wildman–Crippen LogP) is 2.58. The van der Waals surface area contributed by atoms with Gasteiger partial charge in [0.1, 0.15) is 11.3 Å². The molecule has 0 aliphatic heterocycles. The van der Waals surface area contributed by atoms with E-state index in [0.29, 0.717) is 23.6 Å². The molecule has 2 N–H and O–H groups in total. The highest BCUT2D eigenvalue weighted by atomic mass is 32.2. The van der Waals surface area contributed by atoms with Crippen LogP contribution in [0.2, 0.25) is 0 Å². The third-order valence-corrected chi connectivity index (χ3v) is 3.29. The van der Waals surface area contributed by atoms with Crippen molar-refractivity contribution in [2.24, 2.45) is 0 Å². The molecule has 0 aliphatic carbocycles. The lowest BCUT2D eigenvalue weighted by Crippen LogP contribution is -2.08. The first-order chi connectivity index (χ1) is 8.69. The Morgan fingerprint density at radius 1 is 1.44 bits per heavy atom. The SMILES string of the molecule is CCSCCCOc1ccc(N)cc1C(=O)OC. The van der Waals surface area contributed by atoms with Crippen LogP contribution in [0.25, 0.3) is 0 Å². The maximum Gasteiger partial charge on any atom is 0.341 e. The van der Waals surface area contributed by atoms with Crippen LogP contribution < -0.4 is 10.5 Å². The summed E-state index contributed by atoms with van der Waals surface area (Å²) in [5, 5.41) is 0. The smallest absolute Gasteiger partial charge is 0.341 e. The molecule has 0 atom stereocenters. The zero-order chi connectivity index (χ0) is 13.4. The molecule has 0 heterocycles. The first-order valence-electron chi connectivity index (χ1n) is 5.87. The van der Waals surface area contributed by atoms with Crippen LogP contribution in [0.4, 0.5) is 5.69 Å². The van der Waals surface area contributed by atoms with Gasteiger partial charge in [-0.15, -0.1) is 0 Å². The van der Waals surface area contributed by atoms with Gasteiger partial charge in [-0.05, 0) is 36.1 Å². The number of carbonyl (C=O) groups is 1. The second-order valence-corrected chi connectivity index (χ2v) is 5.04. The van der Waals surface area contributed by atoms with E-state index < -0.39 is 5.97 Å². The summed E-state index contributed by atoms with van der Waals surface area (Å²) >= 11 is 1.87. The van der Waals surface area contributed by atoms with E-state index >= 15 is 0 Å². The van der Waals surface area contributed by atoms with Crippen LogP contribution in [0.3, 0.4) is 0 Å². The molecule has 18 heavy (non-hydrogen) atoms. The summed E-state index contributed by atoms with van der Waals surface area (Å²) in [6, 6.07) is 4.99. The Bertz CT molecular complexity index is 396. The van der Waals surface area contributed by atoms with Crippen molar-refractivity contribution in [3.05, 3.63) is 23.8 Å². The van der Waals surface area contributed by atoms with Crippen LogP contribution >= 0.6 is 11.8 Å². The number of hydrogen-bond donors (Lipinski definition) is 1. The Morgan fingerprint density at radius 3 is 2.89 bits per heavy atom. The minimum absolute atomic E-state index is 0.376. The summed E-state index contributed by atoms with van der Waals surface area (Å²) in [6.45, 7) is 2.71. The van der Waals surface area contributed by atoms with Gasteiger partial charge in [-0.1, -0.05) is 6.92 Å².